The fourth-order valence-corrected chi connectivity index (χ4v) is 4.27. The number of aromatic nitrogens is 1. The van der Waals surface area contributed by atoms with Crippen LogP contribution in [0.25, 0.3) is 17.3 Å². The summed E-state index contributed by atoms with van der Waals surface area (Å²) in [6.45, 7) is 0. The molecule has 0 saturated heterocycles. The SMILES string of the molecule is CNC(=O)CSc1nc(-c2ccccc2)c(NC(=O)/C=C\c2ccccc2)s1. The number of nitrogens with zero attached hydrogens (tertiary/aromatic N) is 1. The molecule has 0 saturated carbocycles. The Morgan fingerprint density at radius 1 is 1.07 bits per heavy atom. The summed E-state index contributed by atoms with van der Waals surface area (Å²) >= 11 is 2.71. The van der Waals surface area contributed by atoms with Crippen LogP contribution in [0.1, 0.15) is 5.56 Å². The molecule has 0 fully saturated rings. The largest absolute Gasteiger partial charge is 0.358 e. The topological polar surface area (TPSA) is 71.1 Å². The van der Waals surface area contributed by atoms with Crippen molar-refractivity contribution in [1.29, 1.82) is 0 Å². The highest BCUT2D eigenvalue weighted by molar-refractivity contribution is 8.01. The van der Waals surface area contributed by atoms with E-state index in [-0.39, 0.29) is 17.6 Å². The molecule has 2 amide bonds. The number of thiazole rings is 1. The zero-order chi connectivity index (χ0) is 19.8. The third-order valence-corrected chi connectivity index (χ3v) is 5.84. The first kappa shape index (κ1) is 19.9. The maximum atomic E-state index is 12.4. The maximum absolute atomic E-state index is 12.4. The zero-order valence-corrected chi connectivity index (χ0v) is 16.8. The number of hydrogen-bond donors (Lipinski definition) is 2. The second-order valence-corrected chi connectivity index (χ2v) is 7.94. The van der Waals surface area contributed by atoms with Crippen LogP contribution in [0.15, 0.2) is 71.1 Å². The number of amides is 2. The second-order valence-electron chi connectivity index (χ2n) is 5.72. The monoisotopic (exact) mass is 409 g/mol. The van der Waals surface area contributed by atoms with Crippen LogP contribution in [0.5, 0.6) is 0 Å². The van der Waals surface area contributed by atoms with Crippen molar-refractivity contribution < 1.29 is 9.59 Å². The lowest BCUT2D eigenvalue weighted by Gasteiger charge is -2.02. The standard InChI is InChI=1S/C21H19N3O2S2/c1-22-18(26)14-27-21-24-19(16-10-6-3-7-11-16)20(28-21)23-17(25)13-12-15-8-4-2-5-9-15/h2-13H,14H2,1H3,(H,22,26)(H,23,25)/b13-12-. The highest BCUT2D eigenvalue weighted by atomic mass is 32.2. The van der Waals surface area contributed by atoms with Crippen molar-refractivity contribution >= 4 is 46.0 Å². The normalized spacial score (nSPS) is 10.8. The predicted molar refractivity (Wildman–Crippen MR) is 116 cm³/mol. The molecule has 0 aliphatic heterocycles. The fourth-order valence-electron chi connectivity index (χ4n) is 2.33. The summed E-state index contributed by atoms with van der Waals surface area (Å²) in [6.07, 6.45) is 3.26. The van der Waals surface area contributed by atoms with Gasteiger partial charge in [0.1, 0.15) is 10.7 Å². The molecule has 2 N–H and O–H groups in total. The predicted octanol–water partition coefficient (Wildman–Crippen LogP) is 4.30. The molecule has 7 heteroatoms. The fraction of sp³-hybridized carbons (Fsp3) is 0.0952. The number of carbonyl (C=O) groups excluding carboxylic acids is 2. The average Bonchev–Trinajstić information content (AvgIpc) is 3.14. The van der Waals surface area contributed by atoms with Crippen LogP contribution in [0.3, 0.4) is 0 Å². The Morgan fingerprint density at radius 2 is 1.75 bits per heavy atom. The van der Waals surface area contributed by atoms with Gasteiger partial charge in [-0.05, 0) is 11.6 Å². The van der Waals surface area contributed by atoms with Crippen molar-refractivity contribution in [2.45, 2.75) is 4.34 Å². The first-order chi connectivity index (χ1) is 13.7. The van der Waals surface area contributed by atoms with E-state index < -0.39 is 0 Å². The van der Waals surface area contributed by atoms with Crippen LogP contribution >= 0.6 is 23.1 Å². The van der Waals surface area contributed by atoms with Crippen molar-refractivity contribution in [1.82, 2.24) is 10.3 Å². The lowest BCUT2D eigenvalue weighted by Crippen LogP contribution is -2.19. The third kappa shape index (κ3) is 5.55. The Labute approximate surface area is 171 Å². The molecule has 3 rings (SSSR count). The van der Waals surface area contributed by atoms with Gasteiger partial charge in [0.05, 0.1) is 5.75 Å². The molecule has 142 valence electrons. The molecule has 1 heterocycles. The quantitative estimate of drug-likeness (QED) is 0.451. The number of anilines is 1. The Hall–Kier alpha value is -2.90. The van der Waals surface area contributed by atoms with E-state index in [0.717, 1.165) is 15.5 Å². The molecule has 0 unspecified atom stereocenters. The summed E-state index contributed by atoms with van der Waals surface area (Å²) < 4.78 is 0.727. The van der Waals surface area contributed by atoms with E-state index in [9.17, 15) is 9.59 Å². The molecule has 3 aromatic rings. The summed E-state index contributed by atoms with van der Waals surface area (Å²) in [6, 6.07) is 19.3. The average molecular weight is 410 g/mol. The summed E-state index contributed by atoms with van der Waals surface area (Å²) in [5.74, 6) is -0.0233. The molecular weight excluding hydrogens is 390 g/mol. The van der Waals surface area contributed by atoms with Crippen LogP contribution in [0, 0.1) is 0 Å². The Kier molecular flexibility index (Phi) is 7.00. The third-order valence-electron chi connectivity index (χ3n) is 3.72. The van der Waals surface area contributed by atoms with Crippen LogP contribution < -0.4 is 10.6 Å². The molecule has 0 atom stereocenters. The van der Waals surface area contributed by atoms with Crippen LogP contribution in [0.2, 0.25) is 0 Å². The first-order valence-electron chi connectivity index (χ1n) is 8.59. The van der Waals surface area contributed by atoms with Crippen molar-refractivity contribution in [3.05, 3.63) is 72.3 Å². The molecule has 0 bridgehead atoms. The van der Waals surface area contributed by atoms with Crippen molar-refractivity contribution in [2.75, 3.05) is 18.1 Å². The van der Waals surface area contributed by atoms with Crippen molar-refractivity contribution in [3.8, 4) is 11.3 Å². The summed E-state index contributed by atoms with van der Waals surface area (Å²) in [5.41, 5.74) is 2.56. The molecule has 0 spiro atoms. The van der Waals surface area contributed by atoms with Gasteiger partial charge in [-0.3, -0.25) is 9.59 Å². The molecule has 0 aliphatic rings. The molecular formula is C21H19N3O2S2. The summed E-state index contributed by atoms with van der Waals surface area (Å²) in [4.78, 5) is 28.5. The highest BCUT2D eigenvalue weighted by Crippen LogP contribution is 2.37. The maximum Gasteiger partial charge on any atom is 0.249 e. The number of nitrogens with one attached hydrogen (secondary N) is 2. The van der Waals surface area contributed by atoms with Gasteiger partial charge in [0, 0.05) is 18.7 Å². The highest BCUT2D eigenvalue weighted by Gasteiger charge is 2.15. The van der Waals surface area contributed by atoms with E-state index in [4.69, 9.17) is 0 Å². The van der Waals surface area contributed by atoms with Gasteiger partial charge in [-0.2, -0.15) is 0 Å². The molecule has 28 heavy (non-hydrogen) atoms. The molecule has 0 radical (unpaired) electrons. The van der Waals surface area contributed by atoms with E-state index >= 15 is 0 Å². The van der Waals surface area contributed by atoms with E-state index in [2.05, 4.69) is 15.6 Å². The minimum atomic E-state index is -0.229. The Balaban J connectivity index is 1.79. The number of carbonyl (C=O) groups is 2. The van der Waals surface area contributed by atoms with Crippen molar-refractivity contribution in [3.63, 3.8) is 0 Å². The van der Waals surface area contributed by atoms with Gasteiger partial charge in [0.25, 0.3) is 0 Å². The van der Waals surface area contributed by atoms with E-state index in [0.29, 0.717) is 10.7 Å². The minimum Gasteiger partial charge on any atom is -0.358 e. The zero-order valence-electron chi connectivity index (χ0n) is 15.2. The minimum absolute atomic E-state index is 0.0714. The number of rotatable bonds is 7. The van der Waals surface area contributed by atoms with Gasteiger partial charge in [0.2, 0.25) is 11.8 Å². The second kappa shape index (κ2) is 9.87. The van der Waals surface area contributed by atoms with Crippen LogP contribution in [0.4, 0.5) is 5.00 Å². The lowest BCUT2D eigenvalue weighted by molar-refractivity contribution is -0.118. The summed E-state index contributed by atoms with van der Waals surface area (Å²) in [7, 11) is 1.60. The van der Waals surface area contributed by atoms with E-state index in [1.165, 1.54) is 29.2 Å². The van der Waals surface area contributed by atoms with E-state index in [1.54, 1.807) is 13.1 Å². The Morgan fingerprint density at radius 3 is 2.43 bits per heavy atom. The van der Waals surface area contributed by atoms with Crippen LogP contribution in [-0.4, -0.2) is 29.6 Å². The van der Waals surface area contributed by atoms with Gasteiger partial charge in [0.15, 0.2) is 4.34 Å². The van der Waals surface area contributed by atoms with Crippen LogP contribution in [-0.2, 0) is 9.59 Å². The molecule has 5 nitrogen and oxygen atoms in total. The number of thioether (sulfide) groups is 1. The van der Waals surface area contributed by atoms with E-state index in [1.807, 2.05) is 60.7 Å². The lowest BCUT2D eigenvalue weighted by atomic mass is 10.1. The van der Waals surface area contributed by atoms with Gasteiger partial charge < -0.3 is 10.6 Å². The first-order valence-corrected chi connectivity index (χ1v) is 10.4. The van der Waals surface area contributed by atoms with Gasteiger partial charge in [-0.25, -0.2) is 4.98 Å². The van der Waals surface area contributed by atoms with Crippen molar-refractivity contribution in [2.24, 2.45) is 0 Å². The van der Waals surface area contributed by atoms with Gasteiger partial charge in [-0.15, -0.1) is 0 Å². The van der Waals surface area contributed by atoms with Gasteiger partial charge >= 0.3 is 0 Å². The Bertz CT molecular complexity index is 970. The molecule has 0 aliphatic carbocycles. The number of hydrogen-bond acceptors (Lipinski definition) is 5. The molecule has 1 aromatic heterocycles. The molecule has 2 aromatic carbocycles. The smallest absolute Gasteiger partial charge is 0.249 e. The number of benzene rings is 2. The van der Waals surface area contributed by atoms with Gasteiger partial charge in [-0.1, -0.05) is 83.8 Å². The summed E-state index contributed by atoms with van der Waals surface area (Å²) in [5, 5.41) is 6.17.